The molecule has 1 atom stereocenters. The van der Waals surface area contributed by atoms with Crippen LogP contribution in [0, 0.1) is 5.82 Å². The predicted molar refractivity (Wildman–Crippen MR) is 65.8 cm³/mol. The van der Waals surface area contributed by atoms with Gasteiger partial charge in [0.2, 0.25) is 0 Å². The minimum absolute atomic E-state index is 0.0813. The first kappa shape index (κ1) is 12.4. The molecule has 1 aliphatic rings. The highest BCUT2D eigenvalue weighted by atomic mass is 35.5. The average molecular weight is 256 g/mol. The Kier molecular flexibility index (Phi) is 3.67. The zero-order valence-electron chi connectivity index (χ0n) is 9.75. The molecule has 17 heavy (non-hydrogen) atoms. The summed E-state index contributed by atoms with van der Waals surface area (Å²) in [6, 6.07) is 4.34. The second-order valence-corrected chi connectivity index (χ2v) is 4.76. The summed E-state index contributed by atoms with van der Waals surface area (Å²) in [7, 11) is 0. The number of benzene rings is 1. The van der Waals surface area contributed by atoms with Gasteiger partial charge in [-0.25, -0.2) is 4.39 Å². The summed E-state index contributed by atoms with van der Waals surface area (Å²) in [6.45, 7) is 2.76. The fourth-order valence-electron chi connectivity index (χ4n) is 2.34. The molecular formula is C13H15ClFNO. The molecule has 0 aromatic heterocycles. The normalized spacial score (nSPS) is 19.7. The largest absolute Gasteiger partial charge is 0.336 e. The van der Waals surface area contributed by atoms with E-state index in [9.17, 15) is 9.18 Å². The molecular weight excluding hydrogens is 241 g/mol. The van der Waals surface area contributed by atoms with Crippen molar-refractivity contribution >= 4 is 17.5 Å². The summed E-state index contributed by atoms with van der Waals surface area (Å²) < 4.78 is 13.6. The van der Waals surface area contributed by atoms with Gasteiger partial charge in [0.25, 0.3) is 5.91 Å². The topological polar surface area (TPSA) is 20.3 Å². The number of hydrogen-bond donors (Lipinski definition) is 0. The van der Waals surface area contributed by atoms with Gasteiger partial charge in [-0.1, -0.05) is 18.5 Å². The van der Waals surface area contributed by atoms with Crippen molar-refractivity contribution in [3.8, 4) is 0 Å². The molecule has 1 aliphatic heterocycles. The van der Waals surface area contributed by atoms with Gasteiger partial charge in [0.05, 0.1) is 5.56 Å². The number of nitrogens with zero attached hydrogens (tertiary/aromatic N) is 1. The fraction of sp³-hybridized carbons (Fsp3) is 0.462. The van der Waals surface area contributed by atoms with Crippen LogP contribution in [-0.4, -0.2) is 23.4 Å². The lowest BCUT2D eigenvalue weighted by Gasteiger charge is -2.23. The molecule has 0 saturated carbocycles. The number of hydrogen-bond acceptors (Lipinski definition) is 1. The quantitative estimate of drug-likeness (QED) is 0.792. The lowest BCUT2D eigenvalue weighted by Crippen LogP contribution is -2.35. The van der Waals surface area contributed by atoms with E-state index in [1.165, 1.54) is 18.2 Å². The zero-order valence-corrected chi connectivity index (χ0v) is 10.5. The van der Waals surface area contributed by atoms with Crippen LogP contribution in [0.1, 0.15) is 36.5 Å². The number of carbonyl (C=O) groups is 1. The van der Waals surface area contributed by atoms with E-state index in [2.05, 4.69) is 0 Å². The van der Waals surface area contributed by atoms with E-state index in [-0.39, 0.29) is 17.5 Å². The van der Waals surface area contributed by atoms with Crippen LogP contribution in [0.2, 0.25) is 5.02 Å². The fourth-order valence-corrected chi connectivity index (χ4v) is 2.52. The monoisotopic (exact) mass is 255 g/mol. The van der Waals surface area contributed by atoms with Gasteiger partial charge in [-0.3, -0.25) is 4.79 Å². The Morgan fingerprint density at radius 3 is 3.06 bits per heavy atom. The first-order valence-corrected chi connectivity index (χ1v) is 6.27. The van der Waals surface area contributed by atoms with E-state index >= 15 is 0 Å². The first-order chi connectivity index (χ1) is 8.13. The molecule has 2 rings (SSSR count). The van der Waals surface area contributed by atoms with Crippen molar-refractivity contribution < 1.29 is 9.18 Å². The van der Waals surface area contributed by atoms with Crippen LogP contribution >= 0.6 is 11.6 Å². The minimum Gasteiger partial charge on any atom is -0.336 e. The maximum atomic E-state index is 13.6. The SMILES string of the molecule is CCC1CCCN1C(=O)c1cc(Cl)ccc1F. The average Bonchev–Trinajstić information content (AvgIpc) is 2.79. The molecule has 0 bridgehead atoms. The zero-order chi connectivity index (χ0) is 12.4. The third kappa shape index (κ3) is 2.44. The van der Waals surface area contributed by atoms with Crippen LogP contribution in [0.4, 0.5) is 4.39 Å². The van der Waals surface area contributed by atoms with Crippen molar-refractivity contribution in [1.82, 2.24) is 4.90 Å². The van der Waals surface area contributed by atoms with Crippen molar-refractivity contribution in [1.29, 1.82) is 0 Å². The van der Waals surface area contributed by atoms with Crippen molar-refractivity contribution in [3.63, 3.8) is 0 Å². The Morgan fingerprint density at radius 1 is 1.59 bits per heavy atom. The molecule has 92 valence electrons. The minimum atomic E-state index is -0.499. The van der Waals surface area contributed by atoms with Crippen LogP contribution in [0.15, 0.2) is 18.2 Å². The van der Waals surface area contributed by atoms with Crippen molar-refractivity contribution in [2.45, 2.75) is 32.2 Å². The maximum Gasteiger partial charge on any atom is 0.257 e. The summed E-state index contributed by atoms with van der Waals surface area (Å²) in [5.74, 6) is -0.740. The van der Waals surface area contributed by atoms with E-state index in [0.29, 0.717) is 11.6 Å². The number of rotatable bonds is 2. The molecule has 1 amide bonds. The number of halogens is 2. The van der Waals surface area contributed by atoms with E-state index in [1.807, 2.05) is 6.92 Å². The summed E-state index contributed by atoms with van der Waals surface area (Å²) in [5, 5.41) is 0.391. The van der Waals surface area contributed by atoms with Crippen LogP contribution < -0.4 is 0 Å². The molecule has 1 unspecified atom stereocenters. The smallest absolute Gasteiger partial charge is 0.257 e. The molecule has 1 aromatic rings. The first-order valence-electron chi connectivity index (χ1n) is 5.89. The summed E-state index contributed by atoms with van der Waals surface area (Å²) in [5.41, 5.74) is 0.0813. The highest BCUT2D eigenvalue weighted by Crippen LogP contribution is 2.24. The van der Waals surface area contributed by atoms with Gasteiger partial charge in [-0.2, -0.15) is 0 Å². The molecule has 0 spiro atoms. The Balaban J connectivity index is 2.27. The van der Waals surface area contributed by atoms with E-state index < -0.39 is 5.82 Å². The van der Waals surface area contributed by atoms with E-state index in [0.717, 1.165) is 19.3 Å². The van der Waals surface area contributed by atoms with Gasteiger partial charge >= 0.3 is 0 Å². The van der Waals surface area contributed by atoms with E-state index in [4.69, 9.17) is 11.6 Å². The third-order valence-electron chi connectivity index (χ3n) is 3.27. The van der Waals surface area contributed by atoms with Gasteiger partial charge < -0.3 is 4.90 Å². The van der Waals surface area contributed by atoms with Gasteiger partial charge in [-0.05, 0) is 37.5 Å². The molecule has 4 heteroatoms. The summed E-state index contributed by atoms with van der Waals surface area (Å²) in [4.78, 5) is 14.0. The number of amides is 1. The molecule has 0 aliphatic carbocycles. The maximum absolute atomic E-state index is 13.6. The van der Waals surface area contributed by atoms with Crippen LogP contribution in [-0.2, 0) is 0 Å². The van der Waals surface area contributed by atoms with E-state index in [1.54, 1.807) is 4.90 Å². The van der Waals surface area contributed by atoms with Gasteiger partial charge in [-0.15, -0.1) is 0 Å². The molecule has 1 saturated heterocycles. The molecule has 2 nitrogen and oxygen atoms in total. The van der Waals surface area contributed by atoms with Crippen LogP contribution in [0.25, 0.3) is 0 Å². The molecule has 0 radical (unpaired) electrons. The van der Waals surface area contributed by atoms with Crippen molar-refractivity contribution in [3.05, 3.63) is 34.6 Å². The third-order valence-corrected chi connectivity index (χ3v) is 3.50. The summed E-state index contributed by atoms with van der Waals surface area (Å²) in [6.07, 6.45) is 2.91. The molecule has 1 fully saturated rings. The lowest BCUT2D eigenvalue weighted by atomic mass is 10.1. The number of carbonyl (C=O) groups excluding carboxylic acids is 1. The standard InChI is InChI=1S/C13H15ClFNO/c1-2-10-4-3-7-16(10)13(17)11-8-9(14)5-6-12(11)15/h5-6,8,10H,2-4,7H2,1H3. The van der Waals surface area contributed by atoms with Crippen molar-refractivity contribution in [2.24, 2.45) is 0 Å². The van der Waals surface area contributed by atoms with Crippen LogP contribution in [0.5, 0.6) is 0 Å². The number of likely N-dealkylation sites (tertiary alicyclic amines) is 1. The van der Waals surface area contributed by atoms with Crippen molar-refractivity contribution in [2.75, 3.05) is 6.54 Å². The molecule has 1 aromatic carbocycles. The second-order valence-electron chi connectivity index (χ2n) is 4.33. The highest BCUT2D eigenvalue weighted by Gasteiger charge is 2.29. The van der Waals surface area contributed by atoms with Crippen LogP contribution in [0.3, 0.4) is 0 Å². The second kappa shape index (κ2) is 5.05. The molecule has 1 heterocycles. The summed E-state index contributed by atoms with van der Waals surface area (Å²) >= 11 is 5.80. The lowest BCUT2D eigenvalue weighted by molar-refractivity contribution is 0.0729. The Bertz CT molecular complexity index is 435. The van der Waals surface area contributed by atoms with Gasteiger partial charge in [0, 0.05) is 17.6 Å². The Labute approximate surface area is 105 Å². The molecule has 0 N–H and O–H groups in total. The van der Waals surface area contributed by atoms with Gasteiger partial charge in [0.1, 0.15) is 5.82 Å². The van der Waals surface area contributed by atoms with Gasteiger partial charge in [0.15, 0.2) is 0 Å². The highest BCUT2D eigenvalue weighted by molar-refractivity contribution is 6.31. The Hall–Kier alpha value is -1.09. The Morgan fingerprint density at radius 2 is 2.35 bits per heavy atom. The predicted octanol–water partition coefficient (Wildman–Crippen LogP) is 3.49.